The number of anilines is 1. The number of fused-ring (bicyclic) bond motifs is 3. The quantitative estimate of drug-likeness (QED) is 0.547. The molecule has 1 amide bonds. The van der Waals surface area contributed by atoms with Crippen LogP contribution >= 0.6 is 0 Å². The van der Waals surface area contributed by atoms with Gasteiger partial charge in [0.25, 0.3) is 5.91 Å². The number of aromatic amines is 1. The van der Waals surface area contributed by atoms with E-state index in [0.717, 1.165) is 66.1 Å². The molecule has 0 saturated carbocycles. The second-order valence-corrected chi connectivity index (χ2v) is 7.49. The van der Waals surface area contributed by atoms with E-state index in [2.05, 4.69) is 40.0 Å². The van der Waals surface area contributed by atoms with Gasteiger partial charge in [0.1, 0.15) is 0 Å². The zero-order chi connectivity index (χ0) is 20.7. The molecule has 7 nitrogen and oxygen atoms in total. The van der Waals surface area contributed by atoms with Gasteiger partial charge in [-0.2, -0.15) is 0 Å². The molecular formula is C23H23N5O2. The summed E-state index contributed by atoms with van der Waals surface area (Å²) in [5.74, 6) is -0.484. The molecule has 0 aliphatic carbocycles. The number of morpholine rings is 1. The lowest BCUT2D eigenvalue weighted by Gasteiger charge is -2.28. The highest BCUT2D eigenvalue weighted by Crippen LogP contribution is 2.32. The van der Waals surface area contributed by atoms with Crippen LogP contribution in [-0.2, 0) is 11.2 Å². The molecule has 152 valence electrons. The van der Waals surface area contributed by atoms with E-state index < -0.39 is 5.91 Å². The number of nitrogens with two attached hydrogens (primary N) is 1. The molecule has 5 rings (SSSR count). The number of amides is 1. The molecule has 1 fully saturated rings. The van der Waals surface area contributed by atoms with Gasteiger partial charge >= 0.3 is 0 Å². The molecule has 0 radical (unpaired) electrons. The van der Waals surface area contributed by atoms with Gasteiger partial charge in [-0.15, -0.1) is 0 Å². The minimum Gasteiger partial charge on any atom is -0.378 e. The maximum absolute atomic E-state index is 12.2. The Morgan fingerprint density at radius 1 is 1.20 bits per heavy atom. The van der Waals surface area contributed by atoms with E-state index in [1.54, 1.807) is 12.3 Å². The Bertz CT molecular complexity index is 1240. The summed E-state index contributed by atoms with van der Waals surface area (Å²) in [6, 6.07) is 12.0. The summed E-state index contributed by atoms with van der Waals surface area (Å²) in [5, 5.41) is 0.962. The zero-order valence-corrected chi connectivity index (χ0v) is 16.8. The number of ether oxygens (including phenoxy) is 1. The van der Waals surface area contributed by atoms with Gasteiger partial charge < -0.3 is 20.4 Å². The maximum Gasteiger partial charge on any atom is 0.250 e. The number of carbonyl (C=O) groups is 1. The SMILES string of the molecule is CCc1ccc(-c2cc(C(N)=O)c3[nH]c4cc(N5CCOCC5)ccc4c3n2)cn1. The van der Waals surface area contributed by atoms with Gasteiger partial charge in [-0.25, -0.2) is 4.98 Å². The number of hydrogen-bond donors (Lipinski definition) is 2. The van der Waals surface area contributed by atoms with E-state index in [4.69, 9.17) is 15.5 Å². The lowest BCUT2D eigenvalue weighted by atomic mass is 10.1. The molecule has 3 aromatic heterocycles. The van der Waals surface area contributed by atoms with Crippen molar-refractivity contribution in [2.75, 3.05) is 31.2 Å². The minimum atomic E-state index is -0.484. The normalized spacial score (nSPS) is 14.5. The highest BCUT2D eigenvalue weighted by Gasteiger charge is 2.18. The van der Waals surface area contributed by atoms with Crippen molar-refractivity contribution in [3.63, 3.8) is 0 Å². The Balaban J connectivity index is 1.67. The van der Waals surface area contributed by atoms with Gasteiger partial charge in [0.15, 0.2) is 0 Å². The van der Waals surface area contributed by atoms with Crippen molar-refractivity contribution in [2.24, 2.45) is 5.73 Å². The van der Waals surface area contributed by atoms with Crippen LogP contribution in [-0.4, -0.2) is 47.2 Å². The number of carbonyl (C=O) groups excluding carboxylic acids is 1. The zero-order valence-electron chi connectivity index (χ0n) is 16.8. The number of hydrogen-bond acceptors (Lipinski definition) is 5. The van der Waals surface area contributed by atoms with Crippen LogP contribution in [0.4, 0.5) is 5.69 Å². The van der Waals surface area contributed by atoms with E-state index in [0.29, 0.717) is 16.8 Å². The number of nitrogens with zero attached hydrogens (tertiary/aromatic N) is 3. The molecule has 7 heteroatoms. The fourth-order valence-corrected chi connectivity index (χ4v) is 3.99. The first-order valence-corrected chi connectivity index (χ1v) is 10.2. The van der Waals surface area contributed by atoms with Crippen molar-refractivity contribution >= 4 is 33.5 Å². The summed E-state index contributed by atoms with van der Waals surface area (Å²) in [6.45, 7) is 5.25. The fourth-order valence-electron chi connectivity index (χ4n) is 3.99. The first-order valence-electron chi connectivity index (χ1n) is 10.2. The molecule has 1 saturated heterocycles. The number of nitrogens with one attached hydrogen (secondary N) is 1. The largest absolute Gasteiger partial charge is 0.378 e. The number of H-pyrrole nitrogens is 1. The summed E-state index contributed by atoms with van der Waals surface area (Å²) in [7, 11) is 0. The Labute approximate surface area is 173 Å². The summed E-state index contributed by atoms with van der Waals surface area (Å²) in [4.78, 5) is 27.2. The number of aromatic nitrogens is 3. The fraction of sp³-hybridized carbons (Fsp3) is 0.261. The van der Waals surface area contributed by atoms with E-state index in [1.807, 2.05) is 12.1 Å². The Morgan fingerprint density at radius 2 is 2.03 bits per heavy atom. The van der Waals surface area contributed by atoms with Crippen molar-refractivity contribution in [2.45, 2.75) is 13.3 Å². The number of primary amides is 1. The topological polar surface area (TPSA) is 97.1 Å². The van der Waals surface area contributed by atoms with Crippen LogP contribution < -0.4 is 10.6 Å². The van der Waals surface area contributed by atoms with E-state index in [9.17, 15) is 4.79 Å². The first-order chi connectivity index (χ1) is 14.6. The molecule has 1 aliphatic rings. The second kappa shape index (κ2) is 7.42. The van der Waals surface area contributed by atoms with Gasteiger partial charge in [-0.1, -0.05) is 6.92 Å². The third kappa shape index (κ3) is 3.17. The molecular weight excluding hydrogens is 378 g/mol. The van der Waals surface area contributed by atoms with Crippen molar-refractivity contribution in [3.8, 4) is 11.3 Å². The van der Waals surface area contributed by atoms with Gasteiger partial charge in [-0.05, 0) is 42.8 Å². The molecule has 30 heavy (non-hydrogen) atoms. The predicted molar refractivity (Wildman–Crippen MR) is 118 cm³/mol. The summed E-state index contributed by atoms with van der Waals surface area (Å²) >= 11 is 0. The summed E-state index contributed by atoms with van der Waals surface area (Å²) in [5.41, 5.74) is 12.2. The van der Waals surface area contributed by atoms with Crippen molar-refractivity contribution in [3.05, 3.63) is 53.9 Å². The van der Waals surface area contributed by atoms with Gasteiger partial charge in [0, 0.05) is 41.6 Å². The van der Waals surface area contributed by atoms with Crippen LogP contribution in [0.5, 0.6) is 0 Å². The van der Waals surface area contributed by atoms with Crippen LogP contribution in [0.2, 0.25) is 0 Å². The molecule has 4 heterocycles. The molecule has 0 spiro atoms. The van der Waals surface area contributed by atoms with E-state index in [-0.39, 0.29) is 0 Å². The number of rotatable bonds is 4. The lowest BCUT2D eigenvalue weighted by Crippen LogP contribution is -2.36. The van der Waals surface area contributed by atoms with Gasteiger partial charge in [0.05, 0.1) is 41.0 Å². The van der Waals surface area contributed by atoms with Crippen LogP contribution in [0.25, 0.3) is 33.2 Å². The smallest absolute Gasteiger partial charge is 0.250 e. The number of aryl methyl sites for hydroxylation is 1. The summed E-state index contributed by atoms with van der Waals surface area (Å²) < 4.78 is 5.45. The molecule has 1 aliphatic heterocycles. The Kier molecular flexibility index (Phi) is 4.59. The molecule has 0 bridgehead atoms. The summed E-state index contributed by atoms with van der Waals surface area (Å²) in [6.07, 6.45) is 2.66. The number of benzene rings is 1. The average molecular weight is 401 g/mol. The van der Waals surface area contributed by atoms with E-state index >= 15 is 0 Å². The monoisotopic (exact) mass is 401 g/mol. The van der Waals surface area contributed by atoms with Crippen LogP contribution in [0.15, 0.2) is 42.6 Å². The van der Waals surface area contributed by atoms with Crippen molar-refractivity contribution < 1.29 is 9.53 Å². The molecule has 4 aromatic rings. The maximum atomic E-state index is 12.2. The standard InChI is InChI=1S/C23H23N5O2/c1-2-15-4-3-14(13-25-15)19-12-18(23(24)29)22-21(26-19)17-6-5-16(11-20(17)27-22)28-7-9-30-10-8-28/h3-6,11-13,27H,2,7-10H2,1H3,(H2,24,29). The average Bonchev–Trinajstić information content (AvgIpc) is 3.16. The minimum absolute atomic E-state index is 0.429. The van der Waals surface area contributed by atoms with Gasteiger partial charge in [-0.3, -0.25) is 9.78 Å². The van der Waals surface area contributed by atoms with Crippen LogP contribution in [0, 0.1) is 0 Å². The van der Waals surface area contributed by atoms with Crippen molar-refractivity contribution in [1.29, 1.82) is 0 Å². The Morgan fingerprint density at radius 3 is 2.73 bits per heavy atom. The van der Waals surface area contributed by atoms with Crippen molar-refractivity contribution in [1.82, 2.24) is 15.0 Å². The van der Waals surface area contributed by atoms with E-state index in [1.165, 1.54) is 0 Å². The second-order valence-electron chi connectivity index (χ2n) is 7.49. The third-order valence-corrected chi connectivity index (χ3v) is 5.66. The molecule has 0 atom stereocenters. The predicted octanol–water partition coefficient (Wildman–Crippen LogP) is 3.28. The molecule has 3 N–H and O–H groups in total. The highest BCUT2D eigenvalue weighted by molar-refractivity contribution is 6.14. The lowest BCUT2D eigenvalue weighted by molar-refractivity contribution is 0.100. The van der Waals surface area contributed by atoms with Gasteiger partial charge in [0.2, 0.25) is 0 Å². The van der Waals surface area contributed by atoms with Crippen LogP contribution in [0.1, 0.15) is 23.0 Å². The first kappa shape index (κ1) is 18.6. The molecule has 1 aromatic carbocycles. The van der Waals surface area contributed by atoms with Crippen LogP contribution in [0.3, 0.4) is 0 Å². The third-order valence-electron chi connectivity index (χ3n) is 5.66. The highest BCUT2D eigenvalue weighted by atomic mass is 16.5. The molecule has 0 unspecified atom stereocenters. The number of pyridine rings is 2. The Hall–Kier alpha value is -3.45.